The predicted octanol–water partition coefficient (Wildman–Crippen LogP) is 1.21. The van der Waals surface area contributed by atoms with Gasteiger partial charge >= 0.3 is 0 Å². The first-order valence-corrected chi connectivity index (χ1v) is 3.02. The van der Waals surface area contributed by atoms with Crippen LogP contribution in [0.4, 0.5) is 11.4 Å². The Bertz CT molecular complexity index is 239. The van der Waals surface area contributed by atoms with Crippen molar-refractivity contribution in [2.75, 3.05) is 11.5 Å². The van der Waals surface area contributed by atoms with Gasteiger partial charge in [-0.3, -0.25) is 0 Å². The number of phenols is 1. The second-order valence-electron chi connectivity index (χ2n) is 1.94. The van der Waals surface area contributed by atoms with E-state index in [4.69, 9.17) is 28.2 Å². The van der Waals surface area contributed by atoms with Gasteiger partial charge in [-0.05, 0) is 6.07 Å². The zero-order chi connectivity index (χ0) is 7.72. The molecule has 1 aromatic rings. The summed E-state index contributed by atoms with van der Waals surface area (Å²) in [4.78, 5) is 0. The number of rotatable bonds is 0. The largest absolute Gasteiger partial charge is 0.506 e. The van der Waals surface area contributed by atoms with Gasteiger partial charge in [-0.15, -0.1) is 0 Å². The minimum absolute atomic E-state index is 0.0841. The number of halogens is 1. The van der Waals surface area contributed by atoms with Crippen LogP contribution in [0.2, 0.25) is 5.02 Å². The molecule has 0 unspecified atom stereocenters. The lowest BCUT2D eigenvalue weighted by Crippen LogP contribution is -1.90. The maximum atomic E-state index is 8.99. The van der Waals surface area contributed by atoms with Crippen molar-refractivity contribution >= 4 is 23.0 Å². The number of hydrogen-bond acceptors (Lipinski definition) is 3. The third kappa shape index (κ3) is 1.09. The maximum Gasteiger partial charge on any atom is 0.138 e. The van der Waals surface area contributed by atoms with Crippen molar-refractivity contribution in [2.24, 2.45) is 0 Å². The molecule has 5 N–H and O–H groups in total. The highest BCUT2D eigenvalue weighted by Gasteiger charge is 2.02. The fourth-order valence-electron chi connectivity index (χ4n) is 0.654. The second-order valence-corrected chi connectivity index (χ2v) is 2.32. The Labute approximate surface area is 63.2 Å². The number of nitrogens with two attached hydrogens (primary N) is 2. The highest BCUT2D eigenvalue weighted by Crippen LogP contribution is 2.31. The van der Waals surface area contributed by atoms with Crippen molar-refractivity contribution in [1.29, 1.82) is 0 Å². The van der Waals surface area contributed by atoms with Crippen LogP contribution in [0.5, 0.6) is 5.75 Å². The zero-order valence-corrected chi connectivity index (χ0v) is 5.89. The summed E-state index contributed by atoms with van der Waals surface area (Å²) < 4.78 is 0. The molecular formula is C6H7ClN2O. The van der Waals surface area contributed by atoms with Gasteiger partial charge in [-0.2, -0.15) is 0 Å². The van der Waals surface area contributed by atoms with Crippen molar-refractivity contribution in [1.82, 2.24) is 0 Å². The minimum Gasteiger partial charge on any atom is -0.506 e. The van der Waals surface area contributed by atoms with Gasteiger partial charge < -0.3 is 16.6 Å². The first-order valence-electron chi connectivity index (χ1n) is 2.64. The van der Waals surface area contributed by atoms with Gasteiger partial charge in [-0.25, -0.2) is 0 Å². The number of aromatic hydroxyl groups is 1. The molecule has 4 heteroatoms. The molecular weight excluding hydrogens is 152 g/mol. The Kier molecular flexibility index (Phi) is 1.59. The van der Waals surface area contributed by atoms with E-state index in [9.17, 15) is 0 Å². The third-order valence-electron chi connectivity index (χ3n) is 1.10. The first-order chi connectivity index (χ1) is 4.61. The van der Waals surface area contributed by atoms with E-state index < -0.39 is 0 Å². The first kappa shape index (κ1) is 7.02. The molecule has 0 aliphatic carbocycles. The lowest BCUT2D eigenvalue weighted by atomic mass is 10.3. The lowest BCUT2D eigenvalue weighted by Gasteiger charge is -2.01. The lowest BCUT2D eigenvalue weighted by molar-refractivity contribution is 0.476. The predicted molar refractivity (Wildman–Crippen MR) is 41.9 cm³/mol. The molecule has 0 atom stereocenters. The summed E-state index contributed by atoms with van der Waals surface area (Å²) in [5.74, 6) is -0.0841. The molecule has 0 aliphatic rings. The van der Waals surface area contributed by atoms with Crippen molar-refractivity contribution in [3.8, 4) is 5.75 Å². The van der Waals surface area contributed by atoms with Crippen LogP contribution >= 0.6 is 11.6 Å². The Morgan fingerprint density at radius 1 is 1.30 bits per heavy atom. The number of phenolic OH excluding ortho intramolecular Hbond substituents is 1. The molecule has 10 heavy (non-hydrogen) atoms. The monoisotopic (exact) mass is 158 g/mol. The number of anilines is 2. The van der Waals surface area contributed by atoms with E-state index in [2.05, 4.69) is 0 Å². The van der Waals surface area contributed by atoms with Crippen LogP contribution in [0, 0.1) is 0 Å². The van der Waals surface area contributed by atoms with E-state index in [1.165, 1.54) is 12.1 Å². The molecule has 0 spiro atoms. The topological polar surface area (TPSA) is 72.3 Å². The van der Waals surface area contributed by atoms with Crippen LogP contribution in [0.1, 0.15) is 0 Å². The summed E-state index contributed by atoms with van der Waals surface area (Å²) in [6.45, 7) is 0. The van der Waals surface area contributed by atoms with E-state index in [0.717, 1.165) is 0 Å². The number of hydrogen-bond donors (Lipinski definition) is 3. The van der Waals surface area contributed by atoms with Crippen molar-refractivity contribution in [3.63, 3.8) is 0 Å². The van der Waals surface area contributed by atoms with Gasteiger partial charge in [0.25, 0.3) is 0 Å². The molecule has 0 heterocycles. The Hall–Kier alpha value is -1.09. The average molecular weight is 159 g/mol. The van der Waals surface area contributed by atoms with E-state index in [0.29, 0.717) is 11.4 Å². The average Bonchev–Trinajstić information content (AvgIpc) is 1.82. The summed E-state index contributed by atoms with van der Waals surface area (Å²) in [5.41, 5.74) is 11.4. The van der Waals surface area contributed by atoms with Gasteiger partial charge in [0.15, 0.2) is 0 Å². The Morgan fingerprint density at radius 3 is 2.40 bits per heavy atom. The van der Waals surface area contributed by atoms with Gasteiger partial charge in [0.1, 0.15) is 10.8 Å². The highest BCUT2D eigenvalue weighted by molar-refractivity contribution is 6.34. The van der Waals surface area contributed by atoms with Gasteiger partial charge in [0, 0.05) is 11.8 Å². The smallest absolute Gasteiger partial charge is 0.138 e. The summed E-state index contributed by atoms with van der Waals surface area (Å²) in [5, 5.41) is 9.14. The SMILES string of the molecule is Nc1cc(N)c(Cl)c(O)c1. The standard InChI is InChI=1S/C6H7ClN2O/c7-6-4(9)1-3(8)2-5(6)10/h1-2,10H,8-9H2. The highest BCUT2D eigenvalue weighted by atomic mass is 35.5. The molecule has 0 aliphatic heterocycles. The summed E-state index contributed by atoms with van der Waals surface area (Å²) in [7, 11) is 0. The van der Waals surface area contributed by atoms with E-state index in [1.54, 1.807) is 0 Å². The maximum absolute atomic E-state index is 8.99. The van der Waals surface area contributed by atoms with Gasteiger partial charge in [0.05, 0.1) is 5.69 Å². The van der Waals surface area contributed by atoms with Crippen molar-refractivity contribution in [2.45, 2.75) is 0 Å². The summed E-state index contributed by atoms with van der Waals surface area (Å²) >= 11 is 5.52. The molecule has 54 valence electrons. The molecule has 0 saturated heterocycles. The molecule has 0 radical (unpaired) electrons. The van der Waals surface area contributed by atoms with Crippen LogP contribution in [0.25, 0.3) is 0 Å². The molecule has 0 saturated carbocycles. The van der Waals surface area contributed by atoms with Gasteiger partial charge in [0.2, 0.25) is 0 Å². The summed E-state index contributed by atoms with van der Waals surface area (Å²) in [6, 6.07) is 2.83. The van der Waals surface area contributed by atoms with Crippen LogP contribution in [-0.2, 0) is 0 Å². The quantitative estimate of drug-likeness (QED) is 0.497. The number of benzene rings is 1. The summed E-state index contributed by atoms with van der Waals surface area (Å²) in [6.07, 6.45) is 0. The molecule has 0 bridgehead atoms. The van der Waals surface area contributed by atoms with Crippen LogP contribution in [0.3, 0.4) is 0 Å². The molecule has 1 rings (SSSR count). The molecule has 3 nitrogen and oxygen atoms in total. The normalized spacial score (nSPS) is 9.70. The fraction of sp³-hybridized carbons (Fsp3) is 0. The van der Waals surface area contributed by atoms with Crippen LogP contribution in [-0.4, -0.2) is 5.11 Å². The minimum atomic E-state index is -0.0841. The van der Waals surface area contributed by atoms with Crippen molar-refractivity contribution < 1.29 is 5.11 Å². The van der Waals surface area contributed by atoms with E-state index in [-0.39, 0.29) is 10.8 Å². The van der Waals surface area contributed by atoms with E-state index in [1.807, 2.05) is 0 Å². The van der Waals surface area contributed by atoms with E-state index >= 15 is 0 Å². The molecule has 0 aromatic heterocycles. The molecule has 1 aromatic carbocycles. The zero-order valence-electron chi connectivity index (χ0n) is 5.13. The third-order valence-corrected chi connectivity index (χ3v) is 1.52. The van der Waals surface area contributed by atoms with Crippen molar-refractivity contribution in [3.05, 3.63) is 17.2 Å². The Morgan fingerprint density at radius 2 is 1.90 bits per heavy atom. The molecule has 0 fully saturated rings. The second kappa shape index (κ2) is 2.27. The van der Waals surface area contributed by atoms with Crippen LogP contribution in [0.15, 0.2) is 12.1 Å². The fourth-order valence-corrected chi connectivity index (χ4v) is 0.763. The van der Waals surface area contributed by atoms with Gasteiger partial charge in [-0.1, -0.05) is 11.6 Å². The number of nitrogen functional groups attached to an aromatic ring is 2. The van der Waals surface area contributed by atoms with Crippen LogP contribution < -0.4 is 11.5 Å². The Balaban J connectivity index is 3.31. The molecule has 0 amide bonds.